The summed E-state index contributed by atoms with van der Waals surface area (Å²) in [6.07, 6.45) is 8.90. The van der Waals surface area contributed by atoms with Crippen molar-refractivity contribution < 1.29 is 0 Å². The second kappa shape index (κ2) is 12.9. The first-order chi connectivity index (χ1) is 27.2. The van der Waals surface area contributed by atoms with E-state index < -0.39 is 0 Å². The summed E-state index contributed by atoms with van der Waals surface area (Å²) in [7, 11) is 0. The van der Waals surface area contributed by atoms with Crippen LogP contribution in [0, 0.1) is 0 Å². The Morgan fingerprint density at radius 1 is 0.455 bits per heavy atom. The van der Waals surface area contributed by atoms with Gasteiger partial charge in [-0.05, 0) is 81.4 Å². The van der Waals surface area contributed by atoms with Crippen molar-refractivity contribution in [2.45, 2.75) is 12.8 Å². The first-order valence-electron chi connectivity index (χ1n) is 18.7. The molecule has 0 unspecified atom stereocenters. The summed E-state index contributed by atoms with van der Waals surface area (Å²) in [5.41, 5.74) is 8.45. The van der Waals surface area contributed by atoms with Gasteiger partial charge in [-0.2, -0.15) is 0 Å². The Hall–Kier alpha value is -6.82. The van der Waals surface area contributed by atoms with Gasteiger partial charge in [-0.25, -0.2) is 19.9 Å². The number of fused-ring (bicyclic) bond motifs is 8. The van der Waals surface area contributed by atoms with Crippen LogP contribution in [0.25, 0.3) is 103 Å². The molecule has 7 aromatic carbocycles. The minimum Gasteiger partial charge on any atom is -0.246 e. The van der Waals surface area contributed by atoms with Crippen LogP contribution in [0.3, 0.4) is 0 Å². The smallest absolute Gasteiger partial charge is 0.164 e. The van der Waals surface area contributed by atoms with Crippen molar-refractivity contribution in [3.63, 3.8) is 0 Å². The van der Waals surface area contributed by atoms with Gasteiger partial charge in [-0.3, -0.25) is 0 Å². The molecule has 0 saturated heterocycles. The van der Waals surface area contributed by atoms with Gasteiger partial charge in [0.15, 0.2) is 17.5 Å². The zero-order valence-electron chi connectivity index (χ0n) is 29.8. The van der Waals surface area contributed by atoms with Gasteiger partial charge in [-0.1, -0.05) is 140 Å². The maximum atomic E-state index is 5.20. The number of allylic oxidation sites excluding steroid dienone is 4. The quantitative estimate of drug-likeness (QED) is 0.166. The zero-order valence-corrected chi connectivity index (χ0v) is 30.6. The van der Waals surface area contributed by atoms with Crippen molar-refractivity contribution in [1.29, 1.82) is 0 Å². The second-order valence-corrected chi connectivity index (χ2v) is 15.1. The first kappa shape index (κ1) is 31.7. The fourth-order valence-electron chi connectivity index (χ4n) is 8.05. The predicted molar refractivity (Wildman–Crippen MR) is 231 cm³/mol. The van der Waals surface area contributed by atoms with E-state index in [9.17, 15) is 0 Å². The molecule has 0 saturated carbocycles. The number of hydrogen-bond acceptors (Lipinski definition) is 5. The van der Waals surface area contributed by atoms with Crippen LogP contribution in [0.2, 0.25) is 0 Å². The largest absolute Gasteiger partial charge is 0.246 e. The summed E-state index contributed by atoms with van der Waals surface area (Å²) in [4.78, 5) is 20.5. The average molecular weight is 721 g/mol. The molecule has 258 valence electrons. The number of para-hydroxylation sites is 1. The zero-order chi connectivity index (χ0) is 36.3. The molecule has 1 aliphatic carbocycles. The van der Waals surface area contributed by atoms with Gasteiger partial charge in [0.2, 0.25) is 0 Å². The first-order valence-corrected chi connectivity index (χ1v) is 19.5. The molecule has 11 rings (SSSR count). The number of nitrogens with zero attached hydrogens (tertiary/aromatic N) is 4. The van der Waals surface area contributed by atoms with Crippen LogP contribution in [0.4, 0.5) is 0 Å². The SMILES string of the molecule is C1=CC(c2nc3ccccc3c3c2sc2ccc(-c4nc(-c5ccccc5)nc(-c5ccc(-c6cc7ccccc7c7ccccc67)cc5)n4)cc23)=CCC1. The highest BCUT2D eigenvalue weighted by Crippen LogP contribution is 2.43. The summed E-state index contributed by atoms with van der Waals surface area (Å²) >= 11 is 1.81. The number of rotatable bonds is 5. The Morgan fingerprint density at radius 2 is 1.09 bits per heavy atom. The molecule has 0 amide bonds. The van der Waals surface area contributed by atoms with E-state index in [2.05, 4.69) is 152 Å². The van der Waals surface area contributed by atoms with Crippen LogP contribution in [-0.2, 0) is 0 Å². The number of hydrogen-bond donors (Lipinski definition) is 0. The van der Waals surface area contributed by atoms with Crippen LogP contribution in [0.1, 0.15) is 18.5 Å². The van der Waals surface area contributed by atoms with Gasteiger partial charge in [-0.15, -0.1) is 11.3 Å². The molecule has 0 N–H and O–H groups in total. The molecule has 10 aromatic rings. The van der Waals surface area contributed by atoms with Crippen molar-refractivity contribution in [3.05, 3.63) is 176 Å². The molecule has 4 nitrogen and oxygen atoms in total. The third-order valence-corrected chi connectivity index (χ3v) is 11.9. The Labute approximate surface area is 321 Å². The third-order valence-electron chi connectivity index (χ3n) is 10.7. The molecular weight excluding hydrogens is 689 g/mol. The summed E-state index contributed by atoms with van der Waals surface area (Å²) < 4.78 is 2.43. The fourth-order valence-corrected chi connectivity index (χ4v) is 9.26. The van der Waals surface area contributed by atoms with E-state index in [4.69, 9.17) is 19.9 Å². The fraction of sp³-hybridized carbons (Fsp3) is 0.0400. The van der Waals surface area contributed by atoms with Gasteiger partial charge in [0, 0.05) is 37.5 Å². The summed E-state index contributed by atoms with van der Waals surface area (Å²) in [5, 5.41) is 8.57. The molecule has 0 bridgehead atoms. The lowest BCUT2D eigenvalue weighted by molar-refractivity contribution is 1.04. The molecule has 0 fully saturated rings. The van der Waals surface area contributed by atoms with Crippen LogP contribution in [0.15, 0.2) is 170 Å². The molecule has 3 aromatic heterocycles. The second-order valence-electron chi connectivity index (χ2n) is 14.1. The van der Waals surface area contributed by atoms with E-state index in [1.165, 1.54) is 52.9 Å². The van der Waals surface area contributed by atoms with Gasteiger partial charge < -0.3 is 0 Å². The topological polar surface area (TPSA) is 51.6 Å². The third kappa shape index (κ3) is 5.43. The van der Waals surface area contributed by atoms with Gasteiger partial charge in [0.05, 0.1) is 15.9 Å². The molecule has 55 heavy (non-hydrogen) atoms. The molecule has 0 aliphatic heterocycles. The van der Waals surface area contributed by atoms with Crippen molar-refractivity contribution in [3.8, 4) is 45.3 Å². The number of aromatic nitrogens is 4. The van der Waals surface area contributed by atoms with E-state index in [1.807, 2.05) is 29.5 Å². The summed E-state index contributed by atoms with van der Waals surface area (Å²) in [5.74, 6) is 1.93. The molecule has 0 atom stereocenters. The predicted octanol–water partition coefficient (Wildman–Crippen LogP) is 13.5. The van der Waals surface area contributed by atoms with E-state index in [0.717, 1.165) is 51.7 Å². The van der Waals surface area contributed by atoms with E-state index in [1.54, 1.807) is 0 Å². The Morgan fingerprint density at radius 3 is 1.87 bits per heavy atom. The minimum absolute atomic E-state index is 0.641. The van der Waals surface area contributed by atoms with E-state index in [0.29, 0.717) is 17.5 Å². The van der Waals surface area contributed by atoms with Gasteiger partial charge in [0.1, 0.15) is 0 Å². The Balaban J connectivity index is 1.07. The van der Waals surface area contributed by atoms with Crippen molar-refractivity contribution in [2.75, 3.05) is 0 Å². The Kier molecular flexibility index (Phi) is 7.45. The average Bonchev–Trinajstić information content (AvgIpc) is 3.66. The highest BCUT2D eigenvalue weighted by molar-refractivity contribution is 7.26. The molecule has 0 radical (unpaired) electrons. The lowest BCUT2D eigenvalue weighted by Gasteiger charge is -2.12. The maximum absolute atomic E-state index is 5.20. The number of pyridine rings is 1. The van der Waals surface area contributed by atoms with Gasteiger partial charge in [0.25, 0.3) is 0 Å². The summed E-state index contributed by atoms with van der Waals surface area (Å²) in [6.45, 7) is 0. The van der Waals surface area contributed by atoms with Crippen molar-refractivity contribution >= 4 is 69.5 Å². The minimum atomic E-state index is 0.641. The van der Waals surface area contributed by atoms with Crippen molar-refractivity contribution in [2.24, 2.45) is 0 Å². The number of benzene rings is 7. The highest BCUT2D eigenvalue weighted by atomic mass is 32.1. The van der Waals surface area contributed by atoms with Crippen LogP contribution in [0.5, 0.6) is 0 Å². The standard InChI is InChI=1S/C50H32N4S/c1-3-13-32(14-4-1)46-47-45(40-21-11-12-22-43(40)51-46)42-30-36(27-28-44(42)55-47)50-53-48(33-15-5-2-6-16-33)52-49(54-50)34-25-23-31(24-26-34)41-29-35-17-7-8-18-37(35)38-19-9-10-20-39(38)41/h2-3,5-30H,1,4H2. The van der Waals surface area contributed by atoms with Crippen LogP contribution < -0.4 is 0 Å². The lowest BCUT2D eigenvalue weighted by atomic mass is 9.93. The molecule has 0 spiro atoms. The molecule has 3 heterocycles. The van der Waals surface area contributed by atoms with Crippen molar-refractivity contribution in [1.82, 2.24) is 19.9 Å². The lowest BCUT2D eigenvalue weighted by Crippen LogP contribution is -2.00. The van der Waals surface area contributed by atoms with Crippen LogP contribution >= 0.6 is 11.3 Å². The number of thiophene rings is 1. The summed E-state index contributed by atoms with van der Waals surface area (Å²) in [6, 6.07) is 53.5. The monoisotopic (exact) mass is 720 g/mol. The normalized spacial score (nSPS) is 13.0. The van der Waals surface area contributed by atoms with E-state index >= 15 is 0 Å². The molecular formula is C50H32N4S. The molecule has 5 heteroatoms. The molecule has 1 aliphatic rings. The Bertz CT molecular complexity index is 3200. The van der Waals surface area contributed by atoms with Crippen LogP contribution in [-0.4, -0.2) is 19.9 Å². The maximum Gasteiger partial charge on any atom is 0.164 e. The highest BCUT2D eigenvalue weighted by Gasteiger charge is 2.19. The van der Waals surface area contributed by atoms with E-state index in [-0.39, 0.29) is 0 Å². The van der Waals surface area contributed by atoms with Gasteiger partial charge >= 0.3 is 0 Å².